The Hall–Kier alpha value is -3.87. The molecule has 4 aromatic rings. The van der Waals surface area contributed by atoms with Crippen molar-refractivity contribution in [1.82, 2.24) is 19.7 Å². The molecule has 0 radical (unpaired) electrons. The predicted molar refractivity (Wildman–Crippen MR) is 134 cm³/mol. The van der Waals surface area contributed by atoms with Gasteiger partial charge < -0.3 is 15.4 Å². The monoisotopic (exact) mass is 455 g/mol. The molecule has 2 heterocycles. The standard InChI is InChI=1S/C27H29N5O2/c1-17(2)14-28-25-26-29-15-23(18-8-10-19(11-9-18)27(33)30-20-12-13-20)32(26)16-22(31-25)21-6-4-5-7-24(21)34-3/h4-11,15-17,20H,12-14H2,1-3H3,(H,28,31)(H,30,33). The first-order valence-electron chi connectivity index (χ1n) is 11.7. The average Bonchev–Trinajstić information content (AvgIpc) is 3.57. The van der Waals surface area contributed by atoms with Gasteiger partial charge in [-0.25, -0.2) is 9.97 Å². The van der Waals surface area contributed by atoms with Gasteiger partial charge in [-0.3, -0.25) is 9.20 Å². The maximum Gasteiger partial charge on any atom is 0.251 e. The average molecular weight is 456 g/mol. The zero-order valence-electron chi connectivity index (χ0n) is 19.7. The number of ether oxygens (including phenoxy) is 1. The summed E-state index contributed by atoms with van der Waals surface area (Å²) in [6, 6.07) is 15.9. The molecule has 1 aliphatic carbocycles. The predicted octanol–water partition coefficient (Wildman–Crippen LogP) is 5.03. The number of carbonyl (C=O) groups is 1. The van der Waals surface area contributed by atoms with Crippen LogP contribution in [0.15, 0.2) is 60.9 Å². The van der Waals surface area contributed by atoms with Crippen molar-refractivity contribution < 1.29 is 9.53 Å². The second kappa shape index (κ2) is 9.17. The van der Waals surface area contributed by atoms with Crippen LogP contribution >= 0.6 is 0 Å². The molecule has 34 heavy (non-hydrogen) atoms. The van der Waals surface area contributed by atoms with Crippen molar-refractivity contribution in [2.24, 2.45) is 5.92 Å². The Morgan fingerprint density at radius 2 is 1.91 bits per heavy atom. The number of nitrogens with zero attached hydrogens (tertiary/aromatic N) is 3. The summed E-state index contributed by atoms with van der Waals surface area (Å²) in [5.41, 5.74) is 5.02. The lowest BCUT2D eigenvalue weighted by molar-refractivity contribution is 0.0951. The summed E-state index contributed by atoms with van der Waals surface area (Å²) in [7, 11) is 1.67. The molecule has 2 aromatic carbocycles. The maximum atomic E-state index is 12.4. The number of imidazole rings is 1. The fourth-order valence-electron chi connectivity index (χ4n) is 3.90. The number of nitrogens with one attached hydrogen (secondary N) is 2. The Morgan fingerprint density at radius 3 is 2.62 bits per heavy atom. The Kier molecular flexibility index (Phi) is 5.92. The highest BCUT2D eigenvalue weighted by molar-refractivity contribution is 5.95. The molecule has 0 spiro atoms. The van der Waals surface area contributed by atoms with Crippen molar-refractivity contribution in [2.45, 2.75) is 32.7 Å². The van der Waals surface area contributed by atoms with Gasteiger partial charge in [0.15, 0.2) is 11.5 Å². The Bertz CT molecular complexity index is 1320. The lowest BCUT2D eigenvalue weighted by Crippen LogP contribution is -2.25. The van der Waals surface area contributed by atoms with E-state index in [2.05, 4.69) is 33.9 Å². The van der Waals surface area contributed by atoms with Crippen LogP contribution in [0.1, 0.15) is 37.0 Å². The van der Waals surface area contributed by atoms with Gasteiger partial charge in [-0.1, -0.05) is 38.1 Å². The van der Waals surface area contributed by atoms with Gasteiger partial charge in [0.1, 0.15) is 5.75 Å². The smallest absolute Gasteiger partial charge is 0.251 e. The van der Waals surface area contributed by atoms with Crippen LogP contribution in [0.25, 0.3) is 28.2 Å². The molecule has 1 amide bonds. The normalized spacial score (nSPS) is 13.3. The summed E-state index contributed by atoms with van der Waals surface area (Å²) < 4.78 is 7.64. The number of fused-ring (bicyclic) bond motifs is 1. The highest BCUT2D eigenvalue weighted by atomic mass is 16.5. The van der Waals surface area contributed by atoms with Gasteiger partial charge in [-0.15, -0.1) is 0 Å². The topological polar surface area (TPSA) is 80.5 Å². The van der Waals surface area contributed by atoms with E-state index in [1.807, 2.05) is 60.9 Å². The molecule has 1 aliphatic rings. The molecule has 1 saturated carbocycles. The van der Waals surface area contributed by atoms with Gasteiger partial charge >= 0.3 is 0 Å². The van der Waals surface area contributed by atoms with Crippen LogP contribution in [-0.4, -0.2) is 40.0 Å². The van der Waals surface area contributed by atoms with Gasteiger partial charge in [0, 0.05) is 35.5 Å². The van der Waals surface area contributed by atoms with Gasteiger partial charge in [-0.2, -0.15) is 0 Å². The van der Waals surface area contributed by atoms with Gasteiger partial charge in [0.2, 0.25) is 0 Å². The van der Waals surface area contributed by atoms with Crippen molar-refractivity contribution in [3.05, 3.63) is 66.5 Å². The number of methoxy groups -OCH3 is 1. The fourth-order valence-corrected chi connectivity index (χ4v) is 3.90. The quantitative estimate of drug-likeness (QED) is 0.389. The minimum absolute atomic E-state index is 0.0185. The Labute approximate surface area is 199 Å². The molecule has 5 rings (SSSR count). The van der Waals surface area contributed by atoms with Crippen LogP contribution in [0, 0.1) is 5.92 Å². The molecule has 1 fully saturated rings. The zero-order valence-corrected chi connectivity index (χ0v) is 19.7. The largest absolute Gasteiger partial charge is 0.496 e. The number of rotatable bonds is 8. The zero-order chi connectivity index (χ0) is 23.7. The summed E-state index contributed by atoms with van der Waals surface area (Å²) in [4.78, 5) is 22.0. The number of aromatic nitrogens is 3. The molecule has 0 atom stereocenters. The number of hydrogen-bond donors (Lipinski definition) is 2. The third-order valence-electron chi connectivity index (χ3n) is 5.91. The molecular weight excluding hydrogens is 426 g/mol. The minimum atomic E-state index is -0.0185. The summed E-state index contributed by atoms with van der Waals surface area (Å²) in [6.45, 7) is 5.10. The van der Waals surface area contributed by atoms with Crippen LogP contribution in [0.3, 0.4) is 0 Å². The SMILES string of the molecule is COc1ccccc1-c1cn2c(-c3ccc(C(=O)NC4CC4)cc3)cnc2c(NCC(C)C)n1. The van der Waals surface area contributed by atoms with Crippen LogP contribution < -0.4 is 15.4 Å². The first-order chi connectivity index (χ1) is 16.5. The third-order valence-corrected chi connectivity index (χ3v) is 5.91. The first kappa shape index (κ1) is 21.9. The second-order valence-electron chi connectivity index (χ2n) is 9.11. The van der Waals surface area contributed by atoms with Crippen molar-refractivity contribution >= 4 is 17.4 Å². The van der Waals surface area contributed by atoms with Crippen LogP contribution in [0.4, 0.5) is 5.82 Å². The number of hydrogen-bond acceptors (Lipinski definition) is 5. The molecular formula is C27H29N5O2. The molecule has 2 N–H and O–H groups in total. The minimum Gasteiger partial charge on any atom is -0.496 e. The van der Waals surface area contributed by atoms with Crippen LogP contribution in [0.2, 0.25) is 0 Å². The van der Waals surface area contributed by atoms with Gasteiger partial charge in [-0.05, 0) is 43.0 Å². The molecule has 0 saturated heterocycles. The Morgan fingerprint density at radius 1 is 1.15 bits per heavy atom. The summed E-state index contributed by atoms with van der Waals surface area (Å²) in [5, 5.41) is 6.50. The highest BCUT2D eigenvalue weighted by Gasteiger charge is 2.24. The number of carbonyl (C=O) groups excluding carboxylic acids is 1. The molecule has 0 unspecified atom stereocenters. The lowest BCUT2D eigenvalue weighted by atomic mass is 10.1. The number of para-hydroxylation sites is 1. The molecule has 7 nitrogen and oxygen atoms in total. The molecule has 174 valence electrons. The van der Waals surface area contributed by atoms with Crippen molar-refractivity contribution in [1.29, 1.82) is 0 Å². The third kappa shape index (κ3) is 4.46. The highest BCUT2D eigenvalue weighted by Crippen LogP contribution is 2.32. The van der Waals surface area contributed by atoms with Crippen molar-refractivity contribution in [3.8, 4) is 28.3 Å². The summed E-state index contributed by atoms with van der Waals surface area (Å²) >= 11 is 0. The fraction of sp³-hybridized carbons (Fsp3) is 0.296. The van der Waals surface area contributed by atoms with Crippen molar-refractivity contribution in [2.75, 3.05) is 19.0 Å². The summed E-state index contributed by atoms with van der Waals surface area (Å²) in [5.74, 6) is 1.93. The lowest BCUT2D eigenvalue weighted by Gasteiger charge is -2.14. The van der Waals surface area contributed by atoms with E-state index in [9.17, 15) is 4.79 Å². The summed E-state index contributed by atoms with van der Waals surface area (Å²) in [6.07, 6.45) is 5.98. The van der Waals surface area contributed by atoms with E-state index >= 15 is 0 Å². The number of anilines is 1. The van der Waals surface area contributed by atoms with Crippen LogP contribution in [0.5, 0.6) is 5.75 Å². The van der Waals surface area contributed by atoms with E-state index in [1.54, 1.807) is 7.11 Å². The van der Waals surface area contributed by atoms with E-state index in [4.69, 9.17) is 9.72 Å². The van der Waals surface area contributed by atoms with E-state index in [-0.39, 0.29) is 5.91 Å². The first-order valence-corrected chi connectivity index (χ1v) is 11.7. The van der Waals surface area contributed by atoms with Gasteiger partial charge in [0.05, 0.1) is 24.7 Å². The van der Waals surface area contributed by atoms with Crippen LogP contribution in [-0.2, 0) is 0 Å². The van der Waals surface area contributed by atoms with E-state index < -0.39 is 0 Å². The number of amides is 1. The number of benzene rings is 2. The second-order valence-corrected chi connectivity index (χ2v) is 9.11. The van der Waals surface area contributed by atoms with Gasteiger partial charge in [0.25, 0.3) is 5.91 Å². The van der Waals surface area contributed by atoms with E-state index in [0.29, 0.717) is 17.5 Å². The van der Waals surface area contributed by atoms with Crippen molar-refractivity contribution in [3.63, 3.8) is 0 Å². The molecule has 2 aromatic heterocycles. The molecule has 0 bridgehead atoms. The molecule has 7 heteroatoms. The van der Waals surface area contributed by atoms with E-state index in [1.165, 1.54) is 0 Å². The molecule has 0 aliphatic heterocycles. The van der Waals surface area contributed by atoms with E-state index in [0.717, 1.165) is 59.1 Å². The maximum absolute atomic E-state index is 12.4. The Balaban J connectivity index is 1.57.